The molecule has 3 aromatic rings. The maximum Gasteiger partial charge on any atom is 0.416 e. The van der Waals surface area contributed by atoms with Gasteiger partial charge in [0.15, 0.2) is 11.5 Å². The Kier molecular flexibility index (Phi) is 9.14. The Labute approximate surface area is 234 Å². The fourth-order valence-electron chi connectivity index (χ4n) is 4.50. The number of methoxy groups -OCH3 is 3. The predicted octanol–water partition coefficient (Wildman–Crippen LogP) is 5.35. The second-order valence-corrected chi connectivity index (χ2v) is 10.1. The van der Waals surface area contributed by atoms with Gasteiger partial charge in [-0.3, -0.25) is 9.59 Å². The average molecular weight is 575 g/mol. The molecule has 1 heterocycles. The summed E-state index contributed by atoms with van der Waals surface area (Å²) in [5.41, 5.74) is 0.905. The Balaban J connectivity index is 1.65. The highest BCUT2D eigenvalue weighted by Crippen LogP contribution is 2.45. The first-order valence-electron chi connectivity index (χ1n) is 12.4. The van der Waals surface area contributed by atoms with E-state index in [1.54, 1.807) is 0 Å². The van der Waals surface area contributed by atoms with Gasteiger partial charge in [0.05, 0.1) is 26.9 Å². The molecule has 2 amide bonds. The van der Waals surface area contributed by atoms with E-state index in [-0.39, 0.29) is 28.7 Å². The lowest BCUT2D eigenvalue weighted by molar-refractivity contribution is -0.137. The Morgan fingerprint density at radius 3 is 2.12 bits per heavy atom. The number of halogens is 3. The maximum atomic E-state index is 14.0. The molecule has 0 saturated carbocycles. The van der Waals surface area contributed by atoms with Crippen LogP contribution in [0.1, 0.15) is 32.4 Å². The van der Waals surface area contributed by atoms with Crippen molar-refractivity contribution in [2.75, 3.05) is 33.6 Å². The predicted molar refractivity (Wildman–Crippen MR) is 146 cm³/mol. The van der Waals surface area contributed by atoms with E-state index in [1.165, 1.54) is 62.3 Å². The van der Waals surface area contributed by atoms with E-state index in [1.807, 2.05) is 30.3 Å². The molecule has 3 aromatic carbocycles. The Morgan fingerprint density at radius 2 is 1.57 bits per heavy atom. The molecule has 1 fully saturated rings. The number of rotatable bonds is 9. The van der Waals surface area contributed by atoms with Gasteiger partial charge in [0.1, 0.15) is 11.4 Å². The standard InChI is InChI=1S/C29H29F3N2O5S/c1-37-23-15-20(16-24(38-2)25(23)39-3)27(36)34-22(26(35)33-14-13-18-7-5-4-6-8-18)17-40-28(34)19-9-11-21(12-10-19)29(30,31)32/h4-12,15-16,22,28H,13-14,17H2,1-3H3,(H,33,35). The van der Waals surface area contributed by atoms with Gasteiger partial charge in [0.2, 0.25) is 11.7 Å². The highest BCUT2D eigenvalue weighted by molar-refractivity contribution is 7.99. The zero-order chi connectivity index (χ0) is 28.9. The van der Waals surface area contributed by atoms with Crippen LogP contribution in [0.15, 0.2) is 66.7 Å². The minimum absolute atomic E-state index is 0.177. The number of hydrogen-bond acceptors (Lipinski definition) is 6. The minimum atomic E-state index is -4.49. The molecule has 0 aliphatic carbocycles. The molecule has 0 bridgehead atoms. The van der Waals surface area contributed by atoms with Crippen LogP contribution in [0.5, 0.6) is 17.2 Å². The molecule has 1 saturated heterocycles. The molecule has 7 nitrogen and oxygen atoms in total. The van der Waals surface area contributed by atoms with Crippen molar-refractivity contribution in [3.8, 4) is 17.2 Å². The van der Waals surface area contributed by atoms with Crippen LogP contribution >= 0.6 is 11.8 Å². The van der Waals surface area contributed by atoms with Gasteiger partial charge in [-0.1, -0.05) is 42.5 Å². The van der Waals surface area contributed by atoms with Gasteiger partial charge < -0.3 is 24.4 Å². The van der Waals surface area contributed by atoms with Gasteiger partial charge in [0.25, 0.3) is 5.91 Å². The molecule has 0 radical (unpaired) electrons. The SMILES string of the molecule is COc1cc(C(=O)N2C(C(=O)NCCc3ccccc3)CSC2c2ccc(C(F)(F)F)cc2)cc(OC)c1OC. The number of nitrogens with one attached hydrogen (secondary N) is 1. The number of carbonyl (C=O) groups excluding carboxylic acids is 2. The molecule has 212 valence electrons. The third-order valence-electron chi connectivity index (χ3n) is 6.53. The van der Waals surface area contributed by atoms with Crippen molar-refractivity contribution in [1.29, 1.82) is 0 Å². The quantitative estimate of drug-likeness (QED) is 0.372. The number of alkyl halides is 3. The minimum Gasteiger partial charge on any atom is -0.493 e. The topological polar surface area (TPSA) is 77.1 Å². The van der Waals surface area contributed by atoms with Crippen molar-refractivity contribution in [1.82, 2.24) is 10.2 Å². The summed E-state index contributed by atoms with van der Waals surface area (Å²) in [4.78, 5) is 28.8. The lowest BCUT2D eigenvalue weighted by atomic mass is 10.1. The van der Waals surface area contributed by atoms with E-state index in [2.05, 4.69) is 5.32 Å². The summed E-state index contributed by atoms with van der Waals surface area (Å²) in [6.45, 7) is 0.362. The van der Waals surface area contributed by atoms with Gasteiger partial charge in [-0.25, -0.2) is 0 Å². The Bertz CT molecular complexity index is 1310. The first-order chi connectivity index (χ1) is 19.2. The van der Waals surface area contributed by atoms with Crippen LogP contribution in [-0.2, 0) is 17.4 Å². The van der Waals surface area contributed by atoms with Crippen LogP contribution in [0.3, 0.4) is 0 Å². The van der Waals surface area contributed by atoms with E-state index in [4.69, 9.17) is 14.2 Å². The van der Waals surface area contributed by atoms with Crippen molar-refractivity contribution in [2.45, 2.75) is 24.0 Å². The van der Waals surface area contributed by atoms with Gasteiger partial charge in [-0.15, -0.1) is 11.8 Å². The van der Waals surface area contributed by atoms with Crippen LogP contribution in [0.25, 0.3) is 0 Å². The fourth-order valence-corrected chi connectivity index (χ4v) is 5.93. The lowest BCUT2D eigenvalue weighted by Gasteiger charge is -2.29. The van der Waals surface area contributed by atoms with Crippen molar-refractivity contribution in [3.63, 3.8) is 0 Å². The van der Waals surface area contributed by atoms with E-state index in [0.717, 1.165) is 17.7 Å². The fraction of sp³-hybridized carbons (Fsp3) is 0.310. The molecule has 1 N–H and O–H groups in total. The lowest BCUT2D eigenvalue weighted by Crippen LogP contribution is -2.48. The normalized spacial score (nSPS) is 16.9. The number of carbonyl (C=O) groups is 2. The number of ether oxygens (including phenoxy) is 3. The number of benzene rings is 3. The van der Waals surface area contributed by atoms with Crippen LogP contribution in [0.2, 0.25) is 0 Å². The molecular formula is C29H29F3N2O5S. The van der Waals surface area contributed by atoms with Crippen molar-refractivity contribution >= 4 is 23.6 Å². The summed E-state index contributed by atoms with van der Waals surface area (Å²) < 4.78 is 55.7. The zero-order valence-electron chi connectivity index (χ0n) is 22.2. The van der Waals surface area contributed by atoms with Crippen molar-refractivity contribution in [3.05, 3.63) is 89.0 Å². The zero-order valence-corrected chi connectivity index (χ0v) is 23.0. The third-order valence-corrected chi connectivity index (χ3v) is 7.85. The van der Waals surface area contributed by atoms with E-state index in [9.17, 15) is 22.8 Å². The molecule has 4 rings (SSSR count). The molecule has 0 spiro atoms. The van der Waals surface area contributed by atoms with Gasteiger partial charge >= 0.3 is 6.18 Å². The van der Waals surface area contributed by atoms with Crippen LogP contribution in [0.4, 0.5) is 13.2 Å². The largest absolute Gasteiger partial charge is 0.493 e. The smallest absolute Gasteiger partial charge is 0.416 e. The summed E-state index contributed by atoms with van der Waals surface area (Å²) in [6.07, 6.45) is -3.89. The number of amides is 2. The third kappa shape index (κ3) is 6.30. The molecular weight excluding hydrogens is 545 g/mol. The number of thioether (sulfide) groups is 1. The van der Waals surface area contributed by atoms with Crippen LogP contribution < -0.4 is 19.5 Å². The van der Waals surface area contributed by atoms with Gasteiger partial charge in [0, 0.05) is 17.9 Å². The van der Waals surface area contributed by atoms with Crippen molar-refractivity contribution in [2.24, 2.45) is 0 Å². The molecule has 11 heteroatoms. The molecule has 2 atom stereocenters. The summed E-state index contributed by atoms with van der Waals surface area (Å²) in [5.74, 6) is 0.223. The molecule has 1 aliphatic rings. The highest BCUT2D eigenvalue weighted by Gasteiger charge is 2.43. The van der Waals surface area contributed by atoms with E-state index in [0.29, 0.717) is 24.3 Å². The maximum absolute atomic E-state index is 14.0. The van der Waals surface area contributed by atoms with E-state index < -0.39 is 29.1 Å². The second kappa shape index (κ2) is 12.5. The molecule has 2 unspecified atom stereocenters. The molecule has 40 heavy (non-hydrogen) atoms. The summed E-state index contributed by atoms with van der Waals surface area (Å²) in [7, 11) is 4.28. The van der Waals surface area contributed by atoms with Crippen molar-refractivity contribution < 1.29 is 37.0 Å². The monoisotopic (exact) mass is 574 g/mol. The molecule has 1 aliphatic heterocycles. The van der Waals surface area contributed by atoms with Gasteiger partial charge in [-0.2, -0.15) is 13.2 Å². The first kappa shape index (κ1) is 29.1. The Hall–Kier alpha value is -3.86. The van der Waals surface area contributed by atoms with E-state index >= 15 is 0 Å². The van der Waals surface area contributed by atoms with Gasteiger partial charge in [-0.05, 0) is 41.8 Å². The molecule has 0 aromatic heterocycles. The number of nitrogens with zero attached hydrogens (tertiary/aromatic N) is 1. The second-order valence-electron chi connectivity index (χ2n) is 8.97. The average Bonchev–Trinajstić information content (AvgIpc) is 3.41. The van der Waals surface area contributed by atoms with Crippen LogP contribution in [-0.4, -0.2) is 56.4 Å². The highest BCUT2D eigenvalue weighted by atomic mass is 32.2. The summed E-state index contributed by atoms with van der Waals surface area (Å²) in [5, 5.41) is 2.21. The first-order valence-corrected chi connectivity index (χ1v) is 13.5. The summed E-state index contributed by atoms with van der Waals surface area (Å²) >= 11 is 1.31. The summed E-state index contributed by atoms with van der Waals surface area (Å²) in [6, 6.07) is 16.4. The Morgan fingerprint density at radius 1 is 0.950 bits per heavy atom. The number of hydrogen-bond donors (Lipinski definition) is 1. The van der Waals surface area contributed by atoms with Crippen LogP contribution in [0, 0.1) is 0 Å².